The van der Waals surface area contributed by atoms with Crippen LogP contribution < -0.4 is 10.2 Å². The summed E-state index contributed by atoms with van der Waals surface area (Å²) in [4.78, 5) is 24.2. The predicted molar refractivity (Wildman–Crippen MR) is 140 cm³/mol. The molecule has 0 radical (unpaired) electrons. The number of nitrogens with one attached hydrogen (secondary N) is 2. The van der Waals surface area contributed by atoms with Crippen LogP contribution in [0.3, 0.4) is 0 Å². The molecule has 9 heteroatoms. The number of halogens is 2. The van der Waals surface area contributed by atoms with Gasteiger partial charge in [-0.1, -0.05) is 6.42 Å². The lowest BCUT2D eigenvalue weighted by Gasteiger charge is -2.33. The van der Waals surface area contributed by atoms with E-state index in [2.05, 4.69) is 43.3 Å². The summed E-state index contributed by atoms with van der Waals surface area (Å²) in [7, 11) is 2.10. The number of fused-ring (bicyclic) bond motifs is 1. The zero-order valence-corrected chi connectivity index (χ0v) is 21.3. The van der Waals surface area contributed by atoms with E-state index < -0.39 is 11.3 Å². The van der Waals surface area contributed by atoms with Crippen molar-refractivity contribution < 1.29 is 8.78 Å². The van der Waals surface area contributed by atoms with E-state index >= 15 is 0 Å². The van der Waals surface area contributed by atoms with Gasteiger partial charge >= 0.3 is 0 Å². The molecule has 2 saturated carbocycles. The van der Waals surface area contributed by atoms with Crippen molar-refractivity contribution in [1.82, 2.24) is 30.2 Å². The number of rotatable bonds is 5. The number of piperidine rings is 1. The number of aromatic nitrogens is 5. The molecular weight excluding hydrogens is 472 g/mol. The van der Waals surface area contributed by atoms with Gasteiger partial charge in [0, 0.05) is 60.9 Å². The van der Waals surface area contributed by atoms with E-state index in [1.165, 1.54) is 12.0 Å². The highest BCUT2D eigenvalue weighted by atomic mass is 19.3. The maximum atomic E-state index is 14.2. The molecule has 1 aliphatic heterocycles. The molecule has 1 unspecified atom stereocenters. The van der Waals surface area contributed by atoms with E-state index in [0.717, 1.165) is 55.5 Å². The summed E-state index contributed by atoms with van der Waals surface area (Å²) < 4.78 is 28.3. The summed E-state index contributed by atoms with van der Waals surface area (Å²) in [5.41, 5.74) is 1.80. The molecule has 2 N–H and O–H groups in total. The minimum absolute atomic E-state index is 0.165. The summed E-state index contributed by atoms with van der Waals surface area (Å²) in [6, 6.07) is 6.18. The van der Waals surface area contributed by atoms with Crippen LogP contribution in [0.25, 0.3) is 22.4 Å². The first-order chi connectivity index (χ1) is 17.9. The van der Waals surface area contributed by atoms with Gasteiger partial charge in [0.15, 0.2) is 5.82 Å². The Bertz CT molecular complexity index is 1360. The van der Waals surface area contributed by atoms with Gasteiger partial charge in [0.25, 0.3) is 5.92 Å². The zero-order valence-electron chi connectivity index (χ0n) is 21.3. The first-order valence-corrected chi connectivity index (χ1v) is 13.2. The largest absolute Gasteiger partial charge is 0.357 e. The monoisotopic (exact) mass is 505 g/mol. The Labute approximate surface area is 215 Å². The van der Waals surface area contributed by atoms with Crippen molar-refractivity contribution >= 4 is 16.9 Å². The maximum Gasteiger partial charge on any atom is 0.260 e. The Hall–Kier alpha value is -3.20. The van der Waals surface area contributed by atoms with Crippen LogP contribution in [0.4, 0.5) is 14.6 Å². The number of hydrogen-bond donors (Lipinski definition) is 2. The molecule has 0 aromatic carbocycles. The molecule has 3 aromatic rings. The van der Waals surface area contributed by atoms with Crippen molar-refractivity contribution in [2.24, 2.45) is 0 Å². The third kappa shape index (κ3) is 4.43. The van der Waals surface area contributed by atoms with Gasteiger partial charge in [-0.2, -0.15) is 0 Å². The summed E-state index contributed by atoms with van der Waals surface area (Å²) in [5.74, 6) is -0.868. The number of alkyl halides is 2. The van der Waals surface area contributed by atoms with Crippen LogP contribution in [0.2, 0.25) is 0 Å². The fourth-order valence-electron chi connectivity index (χ4n) is 5.50. The van der Waals surface area contributed by atoms with Gasteiger partial charge < -0.3 is 15.2 Å². The van der Waals surface area contributed by atoms with E-state index in [1.807, 2.05) is 12.3 Å². The van der Waals surface area contributed by atoms with Crippen LogP contribution >= 0.6 is 0 Å². The molecule has 194 valence electrons. The Balaban J connectivity index is 1.50. The lowest BCUT2D eigenvalue weighted by molar-refractivity contribution is 0.0912. The van der Waals surface area contributed by atoms with Crippen molar-refractivity contribution in [3.8, 4) is 11.4 Å². The molecule has 0 bridgehead atoms. The van der Waals surface area contributed by atoms with Crippen LogP contribution in [0.1, 0.15) is 62.6 Å². The van der Waals surface area contributed by atoms with Crippen molar-refractivity contribution in [3.63, 3.8) is 0 Å². The highest BCUT2D eigenvalue weighted by Gasteiger charge is 2.69. The van der Waals surface area contributed by atoms with Gasteiger partial charge in [-0.3, -0.25) is 4.98 Å². The van der Waals surface area contributed by atoms with E-state index in [-0.39, 0.29) is 6.42 Å². The third-order valence-electron chi connectivity index (χ3n) is 8.51. The van der Waals surface area contributed by atoms with Crippen molar-refractivity contribution in [1.29, 1.82) is 0 Å². The molecule has 6 rings (SSSR count). The predicted octanol–water partition coefficient (Wildman–Crippen LogP) is 5.29. The number of aromatic amines is 1. The molecule has 37 heavy (non-hydrogen) atoms. The van der Waals surface area contributed by atoms with Gasteiger partial charge in [0.1, 0.15) is 11.5 Å². The van der Waals surface area contributed by atoms with Gasteiger partial charge in [-0.25, -0.2) is 23.7 Å². The molecular formula is C28H33F2N7. The Morgan fingerprint density at radius 1 is 1.03 bits per heavy atom. The van der Waals surface area contributed by atoms with Crippen LogP contribution in [0, 0.1) is 0 Å². The fraction of sp³-hybridized carbons (Fsp3) is 0.500. The average molecular weight is 506 g/mol. The smallest absolute Gasteiger partial charge is 0.260 e. The number of hydrogen-bond acceptors (Lipinski definition) is 6. The molecule has 3 aromatic heterocycles. The molecule has 7 nitrogen and oxygen atoms in total. The SMILES string of the molecule is CN(c1cc(C2CCC2)cnccnc(-c2ccnc3[nH]c(C4(C)CC4(F)F)cc23)n1)C1CCNCC1. The normalized spacial score (nSPS) is 23.4. The topological polar surface area (TPSA) is 82.6 Å². The summed E-state index contributed by atoms with van der Waals surface area (Å²) in [6.45, 7) is 3.55. The molecule has 1 atom stereocenters. The molecule has 2 aliphatic carbocycles. The van der Waals surface area contributed by atoms with Crippen molar-refractivity contribution in [2.75, 3.05) is 25.0 Å². The minimum Gasteiger partial charge on any atom is -0.357 e. The lowest BCUT2D eigenvalue weighted by Crippen LogP contribution is -2.41. The quantitative estimate of drug-likeness (QED) is 0.490. The maximum absolute atomic E-state index is 14.2. The second kappa shape index (κ2) is 9.28. The summed E-state index contributed by atoms with van der Waals surface area (Å²) in [6.07, 6.45) is 12.4. The van der Waals surface area contributed by atoms with Gasteiger partial charge in [-0.05, 0) is 75.4 Å². The van der Waals surface area contributed by atoms with E-state index in [1.54, 1.807) is 31.6 Å². The standard InChI is InChI=1S/C28H33F2N7/c1-27(17-28(27,29)30)23-15-22-21(8-11-33-26(22)35-23)25-34-13-12-32-16-19(18-4-3-5-18)14-24(36-25)37(2)20-6-9-31-10-7-20/h8,11-16,18,20,31H,3-7,9-10,17H2,1-2H3,(H,33,35). The molecule has 1 saturated heterocycles. The van der Waals surface area contributed by atoms with Gasteiger partial charge in [-0.15, -0.1) is 0 Å². The second-order valence-corrected chi connectivity index (χ2v) is 10.9. The van der Waals surface area contributed by atoms with Crippen LogP contribution in [0.15, 0.2) is 43.0 Å². The first kappa shape index (κ1) is 24.2. The summed E-state index contributed by atoms with van der Waals surface area (Å²) in [5, 5.41) is 4.18. The van der Waals surface area contributed by atoms with Crippen LogP contribution in [-0.2, 0) is 5.41 Å². The average Bonchev–Trinajstić information content (AvgIpc) is 3.17. The third-order valence-corrected chi connectivity index (χ3v) is 8.51. The number of H-pyrrole nitrogens is 1. The molecule has 3 aliphatic rings. The zero-order chi connectivity index (χ0) is 25.6. The van der Waals surface area contributed by atoms with E-state index in [9.17, 15) is 8.78 Å². The van der Waals surface area contributed by atoms with Crippen molar-refractivity contribution in [2.45, 2.75) is 68.7 Å². The van der Waals surface area contributed by atoms with Crippen LogP contribution in [-0.4, -0.2) is 57.0 Å². The highest BCUT2D eigenvalue weighted by molar-refractivity contribution is 5.92. The minimum atomic E-state index is -2.71. The first-order valence-electron chi connectivity index (χ1n) is 13.2. The molecule has 4 heterocycles. The fourth-order valence-corrected chi connectivity index (χ4v) is 5.50. The van der Waals surface area contributed by atoms with E-state index in [4.69, 9.17) is 4.98 Å². The highest BCUT2D eigenvalue weighted by Crippen LogP contribution is 2.61. The number of pyridine rings is 1. The molecule has 0 spiro atoms. The second-order valence-electron chi connectivity index (χ2n) is 10.9. The van der Waals surface area contributed by atoms with Gasteiger partial charge in [0.05, 0.1) is 5.41 Å². The number of nitrogens with zero attached hydrogens (tertiary/aromatic N) is 5. The lowest BCUT2D eigenvalue weighted by atomic mass is 9.81. The van der Waals surface area contributed by atoms with E-state index in [0.29, 0.717) is 29.1 Å². The van der Waals surface area contributed by atoms with Gasteiger partial charge in [0.2, 0.25) is 0 Å². The molecule has 3 fully saturated rings. The number of anilines is 1. The summed E-state index contributed by atoms with van der Waals surface area (Å²) >= 11 is 0. The molecule has 0 amide bonds. The van der Waals surface area contributed by atoms with Crippen molar-refractivity contribution in [3.05, 3.63) is 54.2 Å². The Morgan fingerprint density at radius 3 is 2.51 bits per heavy atom. The Kier molecular flexibility index (Phi) is 6.06. The van der Waals surface area contributed by atoms with Crippen LogP contribution in [0.5, 0.6) is 0 Å². The Morgan fingerprint density at radius 2 is 1.81 bits per heavy atom.